The van der Waals surface area contributed by atoms with Crippen LogP contribution in [0.15, 0.2) is 5.51 Å². The summed E-state index contributed by atoms with van der Waals surface area (Å²) in [6.45, 7) is 2.20. The van der Waals surface area contributed by atoms with Crippen LogP contribution in [0.3, 0.4) is 0 Å². The van der Waals surface area contributed by atoms with Gasteiger partial charge >= 0.3 is 0 Å². The fraction of sp³-hybridized carbons (Fsp3) is 0.750. The SMILES string of the molecule is CCCC(Cc1nncs1)NC. The van der Waals surface area contributed by atoms with Gasteiger partial charge in [-0.25, -0.2) is 0 Å². The lowest BCUT2D eigenvalue weighted by molar-refractivity contribution is 0.511. The predicted octanol–water partition coefficient (Wildman–Crippen LogP) is 1.47. The molecular formula is C8H15N3S. The molecule has 0 aliphatic rings. The molecule has 1 heterocycles. The van der Waals surface area contributed by atoms with Gasteiger partial charge in [-0.3, -0.25) is 0 Å². The lowest BCUT2D eigenvalue weighted by Crippen LogP contribution is -2.27. The maximum absolute atomic E-state index is 4.01. The van der Waals surface area contributed by atoms with Gasteiger partial charge in [0.05, 0.1) is 0 Å². The number of aromatic nitrogens is 2. The highest BCUT2D eigenvalue weighted by Crippen LogP contribution is 2.08. The summed E-state index contributed by atoms with van der Waals surface area (Å²) in [6, 6.07) is 0.558. The molecule has 1 aromatic heterocycles. The van der Waals surface area contributed by atoms with Crippen molar-refractivity contribution in [2.75, 3.05) is 7.05 Å². The van der Waals surface area contributed by atoms with Crippen LogP contribution in [0.4, 0.5) is 0 Å². The van der Waals surface area contributed by atoms with E-state index in [9.17, 15) is 0 Å². The number of nitrogens with zero attached hydrogens (tertiary/aromatic N) is 2. The highest BCUT2D eigenvalue weighted by Gasteiger charge is 2.07. The molecule has 1 N–H and O–H groups in total. The number of hydrogen-bond acceptors (Lipinski definition) is 4. The van der Waals surface area contributed by atoms with E-state index in [1.165, 1.54) is 12.8 Å². The molecule has 1 unspecified atom stereocenters. The lowest BCUT2D eigenvalue weighted by atomic mass is 10.1. The summed E-state index contributed by atoms with van der Waals surface area (Å²) in [6.07, 6.45) is 3.43. The first kappa shape index (κ1) is 9.61. The lowest BCUT2D eigenvalue weighted by Gasteiger charge is -2.12. The number of hydrogen-bond donors (Lipinski definition) is 1. The Kier molecular flexibility index (Phi) is 4.18. The van der Waals surface area contributed by atoms with E-state index in [-0.39, 0.29) is 0 Å². The summed E-state index contributed by atoms with van der Waals surface area (Å²) in [5.74, 6) is 0. The van der Waals surface area contributed by atoms with Crippen LogP contribution in [-0.4, -0.2) is 23.3 Å². The van der Waals surface area contributed by atoms with Crippen molar-refractivity contribution in [3.05, 3.63) is 10.5 Å². The number of rotatable bonds is 5. The van der Waals surface area contributed by atoms with E-state index in [0.717, 1.165) is 11.4 Å². The topological polar surface area (TPSA) is 37.8 Å². The third kappa shape index (κ3) is 2.87. The molecule has 4 heteroatoms. The minimum atomic E-state index is 0.558. The van der Waals surface area contributed by atoms with Crippen LogP contribution in [0.1, 0.15) is 24.8 Å². The summed E-state index contributed by atoms with van der Waals surface area (Å²) in [4.78, 5) is 0. The molecule has 12 heavy (non-hydrogen) atoms. The van der Waals surface area contributed by atoms with Crippen molar-refractivity contribution in [2.24, 2.45) is 0 Å². The maximum Gasteiger partial charge on any atom is 0.118 e. The first-order valence-corrected chi connectivity index (χ1v) is 5.17. The van der Waals surface area contributed by atoms with Crippen molar-refractivity contribution >= 4 is 11.3 Å². The second kappa shape index (κ2) is 5.22. The van der Waals surface area contributed by atoms with Crippen LogP contribution in [-0.2, 0) is 6.42 Å². The van der Waals surface area contributed by atoms with Crippen LogP contribution in [0.25, 0.3) is 0 Å². The third-order valence-corrected chi connectivity index (χ3v) is 2.59. The van der Waals surface area contributed by atoms with Crippen molar-refractivity contribution in [3.63, 3.8) is 0 Å². The molecule has 0 saturated heterocycles. The van der Waals surface area contributed by atoms with Crippen LogP contribution >= 0.6 is 11.3 Å². The average Bonchev–Trinajstić information content (AvgIpc) is 2.56. The molecule has 1 aromatic rings. The highest BCUT2D eigenvalue weighted by molar-refractivity contribution is 7.09. The van der Waals surface area contributed by atoms with Gasteiger partial charge in [-0.15, -0.1) is 21.5 Å². The quantitative estimate of drug-likeness (QED) is 0.755. The van der Waals surface area contributed by atoms with Crippen LogP contribution in [0.5, 0.6) is 0 Å². The largest absolute Gasteiger partial charge is 0.317 e. The fourth-order valence-corrected chi connectivity index (χ4v) is 1.80. The van der Waals surface area contributed by atoms with Crippen molar-refractivity contribution in [3.8, 4) is 0 Å². The van der Waals surface area contributed by atoms with Gasteiger partial charge in [0.15, 0.2) is 0 Å². The molecule has 3 nitrogen and oxygen atoms in total. The van der Waals surface area contributed by atoms with Crippen LogP contribution in [0, 0.1) is 0 Å². The number of nitrogens with one attached hydrogen (secondary N) is 1. The molecule has 0 aliphatic heterocycles. The van der Waals surface area contributed by atoms with Gasteiger partial charge in [0.25, 0.3) is 0 Å². The van der Waals surface area contributed by atoms with Gasteiger partial charge in [0, 0.05) is 12.5 Å². The van der Waals surface area contributed by atoms with Crippen molar-refractivity contribution < 1.29 is 0 Å². The Labute approximate surface area is 77.2 Å². The Hall–Kier alpha value is -0.480. The second-order valence-corrected chi connectivity index (χ2v) is 3.73. The molecule has 0 saturated carbocycles. The zero-order valence-corrected chi connectivity index (χ0v) is 8.40. The molecule has 0 bridgehead atoms. The van der Waals surface area contributed by atoms with Crippen LogP contribution in [0.2, 0.25) is 0 Å². The molecule has 1 rings (SSSR count). The Morgan fingerprint density at radius 1 is 1.67 bits per heavy atom. The molecule has 0 amide bonds. The zero-order valence-electron chi connectivity index (χ0n) is 7.58. The molecule has 0 fully saturated rings. The molecule has 0 radical (unpaired) electrons. The third-order valence-electron chi connectivity index (χ3n) is 1.87. The van der Waals surface area contributed by atoms with Gasteiger partial charge in [0.2, 0.25) is 0 Å². The average molecular weight is 185 g/mol. The molecule has 1 atom stereocenters. The van der Waals surface area contributed by atoms with Crippen molar-refractivity contribution in [2.45, 2.75) is 32.2 Å². The standard InChI is InChI=1S/C8H15N3S/c1-3-4-7(9-2)5-8-11-10-6-12-8/h6-7,9H,3-5H2,1-2H3. The smallest absolute Gasteiger partial charge is 0.118 e. The molecule has 0 aromatic carbocycles. The van der Waals surface area contributed by atoms with E-state index in [4.69, 9.17) is 0 Å². The Morgan fingerprint density at radius 3 is 3.00 bits per heavy atom. The Balaban J connectivity index is 2.37. The maximum atomic E-state index is 4.01. The van der Waals surface area contributed by atoms with E-state index in [0.29, 0.717) is 6.04 Å². The van der Waals surface area contributed by atoms with E-state index in [2.05, 4.69) is 22.4 Å². The van der Waals surface area contributed by atoms with E-state index in [1.54, 1.807) is 16.8 Å². The van der Waals surface area contributed by atoms with E-state index in [1.807, 2.05) is 7.05 Å². The van der Waals surface area contributed by atoms with E-state index < -0.39 is 0 Å². The minimum Gasteiger partial charge on any atom is -0.317 e. The van der Waals surface area contributed by atoms with E-state index >= 15 is 0 Å². The molecule has 0 aliphatic carbocycles. The number of likely N-dealkylation sites (N-methyl/N-ethyl adjacent to an activating group) is 1. The summed E-state index contributed by atoms with van der Waals surface area (Å²) in [5, 5.41) is 12.2. The van der Waals surface area contributed by atoms with Crippen molar-refractivity contribution in [1.82, 2.24) is 15.5 Å². The highest BCUT2D eigenvalue weighted by atomic mass is 32.1. The summed E-state index contributed by atoms with van der Waals surface area (Å²) < 4.78 is 0. The van der Waals surface area contributed by atoms with Gasteiger partial charge in [-0.2, -0.15) is 0 Å². The minimum absolute atomic E-state index is 0.558. The summed E-state index contributed by atoms with van der Waals surface area (Å²) in [7, 11) is 2.00. The van der Waals surface area contributed by atoms with Gasteiger partial charge in [-0.05, 0) is 13.5 Å². The fourth-order valence-electron chi connectivity index (χ4n) is 1.19. The van der Waals surface area contributed by atoms with Gasteiger partial charge < -0.3 is 5.32 Å². The van der Waals surface area contributed by atoms with Crippen LogP contribution < -0.4 is 5.32 Å². The Morgan fingerprint density at radius 2 is 2.50 bits per heavy atom. The van der Waals surface area contributed by atoms with Crippen molar-refractivity contribution in [1.29, 1.82) is 0 Å². The summed E-state index contributed by atoms with van der Waals surface area (Å²) in [5.41, 5.74) is 1.79. The molecule has 0 spiro atoms. The predicted molar refractivity (Wildman–Crippen MR) is 51.4 cm³/mol. The Bertz CT molecular complexity index is 198. The second-order valence-electron chi connectivity index (χ2n) is 2.81. The normalized spacial score (nSPS) is 13.2. The molecule has 68 valence electrons. The summed E-state index contributed by atoms with van der Waals surface area (Å²) >= 11 is 1.63. The van der Waals surface area contributed by atoms with Gasteiger partial charge in [-0.1, -0.05) is 13.3 Å². The molecular weight excluding hydrogens is 170 g/mol. The first-order chi connectivity index (χ1) is 5.86. The first-order valence-electron chi connectivity index (χ1n) is 4.29. The van der Waals surface area contributed by atoms with Gasteiger partial charge in [0.1, 0.15) is 10.5 Å². The monoisotopic (exact) mass is 185 g/mol. The zero-order chi connectivity index (χ0) is 8.81.